The Bertz CT molecular complexity index is 379. The molecule has 0 aromatic heterocycles. The second kappa shape index (κ2) is 7.40. The number of carbonyl (C=O) groups excluding carboxylic acids is 2. The molecule has 0 unspecified atom stereocenters. The summed E-state index contributed by atoms with van der Waals surface area (Å²) < 4.78 is 10.0. The Kier molecular flexibility index (Phi) is 5.74. The lowest BCUT2D eigenvalue weighted by molar-refractivity contribution is -0.123. The van der Waals surface area contributed by atoms with Crippen molar-refractivity contribution in [3.8, 4) is 5.75 Å². The van der Waals surface area contributed by atoms with Crippen molar-refractivity contribution in [2.75, 3.05) is 26.9 Å². The first kappa shape index (κ1) is 13.2. The smallest absolute Gasteiger partial charge is 0.258 e. The molecule has 0 aliphatic carbocycles. The molecular formula is C12H15NO4. The Morgan fingerprint density at radius 1 is 1.47 bits per heavy atom. The summed E-state index contributed by atoms with van der Waals surface area (Å²) in [4.78, 5) is 21.8. The van der Waals surface area contributed by atoms with Crippen LogP contribution in [-0.2, 0) is 9.53 Å². The third-order valence-corrected chi connectivity index (χ3v) is 1.99. The van der Waals surface area contributed by atoms with Gasteiger partial charge in [-0.15, -0.1) is 0 Å². The number of hydrogen-bond acceptors (Lipinski definition) is 4. The van der Waals surface area contributed by atoms with Gasteiger partial charge in [0.1, 0.15) is 12.0 Å². The maximum absolute atomic E-state index is 11.3. The third kappa shape index (κ3) is 5.12. The van der Waals surface area contributed by atoms with Crippen molar-refractivity contribution in [1.82, 2.24) is 5.32 Å². The summed E-state index contributed by atoms with van der Waals surface area (Å²) in [6.07, 6.45) is 0.728. The quantitative estimate of drug-likeness (QED) is 0.558. The number of methoxy groups -OCH3 is 1. The van der Waals surface area contributed by atoms with E-state index in [1.807, 2.05) is 0 Å². The van der Waals surface area contributed by atoms with E-state index in [1.54, 1.807) is 31.4 Å². The first-order valence-corrected chi connectivity index (χ1v) is 5.20. The first-order valence-electron chi connectivity index (χ1n) is 5.20. The zero-order valence-corrected chi connectivity index (χ0v) is 9.64. The maximum Gasteiger partial charge on any atom is 0.258 e. The minimum atomic E-state index is -0.224. The van der Waals surface area contributed by atoms with Gasteiger partial charge in [-0.1, -0.05) is 12.1 Å². The van der Waals surface area contributed by atoms with Crippen molar-refractivity contribution in [2.45, 2.75) is 0 Å². The van der Waals surface area contributed by atoms with Crippen molar-refractivity contribution < 1.29 is 19.1 Å². The summed E-state index contributed by atoms with van der Waals surface area (Å²) in [5.74, 6) is 0.273. The van der Waals surface area contributed by atoms with E-state index in [1.165, 1.54) is 0 Å². The van der Waals surface area contributed by atoms with E-state index >= 15 is 0 Å². The van der Waals surface area contributed by atoms with Gasteiger partial charge in [-0.05, 0) is 12.1 Å². The highest BCUT2D eigenvalue weighted by atomic mass is 16.5. The molecule has 1 aromatic rings. The molecule has 0 bridgehead atoms. The summed E-state index contributed by atoms with van der Waals surface area (Å²) in [6.45, 7) is 0.839. The Balaban J connectivity index is 2.34. The van der Waals surface area contributed by atoms with E-state index in [9.17, 15) is 9.59 Å². The largest absolute Gasteiger partial charge is 0.484 e. The number of carbonyl (C=O) groups is 2. The van der Waals surface area contributed by atoms with Gasteiger partial charge in [-0.2, -0.15) is 0 Å². The van der Waals surface area contributed by atoms with E-state index < -0.39 is 0 Å². The van der Waals surface area contributed by atoms with Crippen LogP contribution in [0.15, 0.2) is 24.3 Å². The normalized spacial score (nSPS) is 9.71. The molecule has 92 valence electrons. The molecule has 0 aliphatic heterocycles. The van der Waals surface area contributed by atoms with Gasteiger partial charge in [0.25, 0.3) is 5.91 Å². The molecule has 1 N–H and O–H groups in total. The zero-order valence-electron chi connectivity index (χ0n) is 9.64. The molecule has 0 atom stereocenters. The lowest BCUT2D eigenvalue weighted by Crippen LogP contribution is -2.31. The highest BCUT2D eigenvalue weighted by Gasteiger charge is 2.02. The molecule has 0 spiro atoms. The van der Waals surface area contributed by atoms with Crippen molar-refractivity contribution >= 4 is 12.2 Å². The summed E-state index contributed by atoms with van der Waals surface area (Å²) >= 11 is 0. The minimum absolute atomic E-state index is 0.0774. The summed E-state index contributed by atoms with van der Waals surface area (Å²) in [5, 5.41) is 2.62. The molecule has 5 nitrogen and oxygen atoms in total. The number of nitrogens with one attached hydrogen (secondary N) is 1. The molecule has 1 aromatic carbocycles. The number of amides is 1. The monoisotopic (exact) mass is 237 g/mol. The number of rotatable bonds is 7. The molecule has 0 aliphatic rings. The second-order valence-electron chi connectivity index (χ2n) is 3.32. The SMILES string of the molecule is COCCNC(=O)COc1cccc(C=O)c1. The van der Waals surface area contributed by atoms with Crippen molar-refractivity contribution in [2.24, 2.45) is 0 Å². The first-order chi connectivity index (χ1) is 8.26. The van der Waals surface area contributed by atoms with Gasteiger partial charge in [-0.3, -0.25) is 9.59 Å². The predicted molar refractivity (Wildman–Crippen MR) is 62.2 cm³/mol. The zero-order chi connectivity index (χ0) is 12.5. The molecule has 0 radical (unpaired) electrons. The van der Waals surface area contributed by atoms with Gasteiger partial charge < -0.3 is 14.8 Å². The van der Waals surface area contributed by atoms with Crippen LogP contribution in [0.4, 0.5) is 0 Å². The average Bonchev–Trinajstić information content (AvgIpc) is 2.37. The van der Waals surface area contributed by atoms with Crippen LogP contribution in [0.3, 0.4) is 0 Å². The van der Waals surface area contributed by atoms with Crippen molar-refractivity contribution in [3.05, 3.63) is 29.8 Å². The third-order valence-electron chi connectivity index (χ3n) is 1.99. The van der Waals surface area contributed by atoms with Gasteiger partial charge in [-0.25, -0.2) is 0 Å². The Morgan fingerprint density at radius 2 is 2.29 bits per heavy atom. The van der Waals surface area contributed by atoms with E-state index in [0.29, 0.717) is 24.5 Å². The van der Waals surface area contributed by atoms with Gasteiger partial charge in [0.15, 0.2) is 6.61 Å². The van der Waals surface area contributed by atoms with Crippen molar-refractivity contribution in [3.63, 3.8) is 0 Å². The van der Waals surface area contributed by atoms with Gasteiger partial charge in [0.2, 0.25) is 0 Å². The van der Waals surface area contributed by atoms with Crippen LogP contribution in [-0.4, -0.2) is 39.1 Å². The standard InChI is InChI=1S/C12H15NO4/c1-16-6-5-13-12(15)9-17-11-4-2-3-10(7-11)8-14/h2-4,7-8H,5-6,9H2,1H3,(H,13,15). The van der Waals surface area contributed by atoms with E-state index in [2.05, 4.69) is 5.32 Å². The highest BCUT2D eigenvalue weighted by molar-refractivity contribution is 5.78. The molecule has 17 heavy (non-hydrogen) atoms. The summed E-state index contributed by atoms with van der Waals surface area (Å²) in [6, 6.07) is 6.63. The molecule has 0 heterocycles. The van der Waals surface area contributed by atoms with Crippen molar-refractivity contribution in [1.29, 1.82) is 0 Å². The van der Waals surface area contributed by atoms with Crippen LogP contribution in [0.25, 0.3) is 0 Å². The number of benzene rings is 1. The molecule has 0 saturated heterocycles. The Hall–Kier alpha value is -1.88. The second-order valence-corrected chi connectivity index (χ2v) is 3.32. The number of ether oxygens (including phenoxy) is 2. The number of aldehydes is 1. The molecule has 1 amide bonds. The molecule has 1 rings (SSSR count). The number of hydrogen-bond donors (Lipinski definition) is 1. The summed E-state index contributed by atoms with van der Waals surface area (Å²) in [5.41, 5.74) is 0.516. The average molecular weight is 237 g/mol. The van der Waals surface area contributed by atoms with Gasteiger partial charge in [0, 0.05) is 19.2 Å². The van der Waals surface area contributed by atoms with E-state index in [4.69, 9.17) is 9.47 Å². The molecule has 5 heteroatoms. The lowest BCUT2D eigenvalue weighted by atomic mass is 10.2. The minimum Gasteiger partial charge on any atom is -0.484 e. The Morgan fingerprint density at radius 3 is 3.00 bits per heavy atom. The van der Waals surface area contributed by atoms with Crippen LogP contribution in [0, 0.1) is 0 Å². The maximum atomic E-state index is 11.3. The van der Waals surface area contributed by atoms with Crippen LogP contribution >= 0.6 is 0 Å². The van der Waals surface area contributed by atoms with E-state index in [-0.39, 0.29) is 12.5 Å². The van der Waals surface area contributed by atoms with Gasteiger partial charge >= 0.3 is 0 Å². The van der Waals surface area contributed by atoms with Crippen LogP contribution in [0.1, 0.15) is 10.4 Å². The predicted octanol–water partition coefficient (Wildman–Crippen LogP) is 0.640. The van der Waals surface area contributed by atoms with E-state index in [0.717, 1.165) is 6.29 Å². The Labute approximate surface area is 99.7 Å². The fourth-order valence-corrected chi connectivity index (χ4v) is 1.17. The topological polar surface area (TPSA) is 64.6 Å². The van der Waals surface area contributed by atoms with Crippen LogP contribution in [0.2, 0.25) is 0 Å². The summed E-state index contributed by atoms with van der Waals surface area (Å²) in [7, 11) is 1.56. The van der Waals surface area contributed by atoms with Crippen LogP contribution in [0.5, 0.6) is 5.75 Å². The molecular weight excluding hydrogens is 222 g/mol. The molecule has 0 saturated carbocycles. The lowest BCUT2D eigenvalue weighted by Gasteiger charge is -2.07. The fraction of sp³-hybridized carbons (Fsp3) is 0.333. The van der Waals surface area contributed by atoms with Gasteiger partial charge in [0.05, 0.1) is 6.61 Å². The molecule has 0 fully saturated rings. The van der Waals surface area contributed by atoms with Crippen LogP contribution < -0.4 is 10.1 Å². The fourth-order valence-electron chi connectivity index (χ4n) is 1.17. The highest BCUT2D eigenvalue weighted by Crippen LogP contribution is 2.11.